The van der Waals surface area contributed by atoms with E-state index < -0.39 is 36.0 Å². The van der Waals surface area contributed by atoms with E-state index in [1.807, 2.05) is 0 Å². The number of aliphatic carboxylic acids is 1. The molecule has 0 spiro atoms. The van der Waals surface area contributed by atoms with E-state index in [-0.39, 0.29) is 17.2 Å². The molecule has 0 saturated heterocycles. The molecule has 0 aliphatic rings. The van der Waals surface area contributed by atoms with Gasteiger partial charge in [0.15, 0.2) is 0 Å². The van der Waals surface area contributed by atoms with Crippen molar-refractivity contribution in [3.63, 3.8) is 0 Å². The lowest BCUT2D eigenvalue weighted by Gasteiger charge is -2.24. The molecule has 0 unspecified atom stereocenters. The van der Waals surface area contributed by atoms with Crippen molar-refractivity contribution in [2.45, 2.75) is 32.1 Å². The minimum atomic E-state index is -2.03. The van der Waals surface area contributed by atoms with Crippen LogP contribution in [0.5, 0.6) is 0 Å². The fraction of sp³-hybridized carbons (Fsp3) is 0.238. The number of carboxylic acid groups (broad SMARTS) is 1. The lowest BCUT2D eigenvalue weighted by atomic mass is 10.1. The summed E-state index contributed by atoms with van der Waals surface area (Å²) in [5.41, 5.74) is 0.213. The summed E-state index contributed by atoms with van der Waals surface area (Å²) in [7, 11) is 0. The van der Waals surface area contributed by atoms with Crippen molar-refractivity contribution < 1.29 is 33.8 Å². The van der Waals surface area contributed by atoms with Gasteiger partial charge in [-0.25, -0.2) is 14.4 Å². The molecule has 1 amide bonds. The van der Waals surface area contributed by atoms with E-state index in [4.69, 9.17) is 9.47 Å². The quantitative estimate of drug-likeness (QED) is 0.652. The molecule has 2 N–H and O–H groups in total. The highest BCUT2D eigenvalue weighted by Crippen LogP contribution is 2.13. The van der Waals surface area contributed by atoms with Gasteiger partial charge >= 0.3 is 17.9 Å². The maximum atomic E-state index is 12.5. The molecule has 0 aliphatic heterocycles. The third kappa shape index (κ3) is 6.17. The van der Waals surface area contributed by atoms with Gasteiger partial charge in [0.2, 0.25) is 12.2 Å². The first-order valence-corrected chi connectivity index (χ1v) is 8.85. The van der Waals surface area contributed by atoms with Crippen LogP contribution >= 0.6 is 0 Å². The van der Waals surface area contributed by atoms with E-state index in [0.29, 0.717) is 0 Å². The summed E-state index contributed by atoms with van der Waals surface area (Å²) in [6.07, 6.45) is -3.91. The number of carbonyl (C=O) groups is 4. The van der Waals surface area contributed by atoms with Gasteiger partial charge in [-0.3, -0.25) is 4.79 Å². The average molecular weight is 399 g/mol. The predicted molar refractivity (Wildman–Crippen MR) is 102 cm³/mol. The lowest BCUT2D eigenvalue weighted by molar-refractivity contribution is -0.159. The Hall–Kier alpha value is -3.68. The molecule has 0 saturated carbocycles. The maximum absolute atomic E-state index is 12.5. The highest BCUT2D eigenvalue weighted by molar-refractivity contribution is 5.96. The van der Waals surface area contributed by atoms with Gasteiger partial charge in [0.1, 0.15) is 0 Å². The molecule has 8 heteroatoms. The van der Waals surface area contributed by atoms with E-state index in [0.717, 1.165) is 0 Å². The second-order valence-corrected chi connectivity index (χ2v) is 6.39. The van der Waals surface area contributed by atoms with Crippen molar-refractivity contribution in [2.24, 2.45) is 0 Å². The van der Waals surface area contributed by atoms with Crippen molar-refractivity contribution in [1.82, 2.24) is 5.32 Å². The van der Waals surface area contributed by atoms with Gasteiger partial charge in [-0.15, -0.1) is 0 Å². The largest absolute Gasteiger partial charge is 0.478 e. The van der Waals surface area contributed by atoms with Gasteiger partial charge < -0.3 is 19.9 Å². The molecule has 0 bridgehead atoms. The zero-order valence-electron chi connectivity index (χ0n) is 15.9. The van der Waals surface area contributed by atoms with E-state index in [2.05, 4.69) is 5.32 Å². The van der Waals surface area contributed by atoms with Crippen molar-refractivity contribution in [3.8, 4) is 0 Å². The minimum absolute atomic E-state index is 0.0937. The molecule has 29 heavy (non-hydrogen) atoms. The van der Waals surface area contributed by atoms with Crippen LogP contribution in [0, 0.1) is 0 Å². The number of esters is 2. The molecule has 0 aliphatic carbocycles. The van der Waals surface area contributed by atoms with Gasteiger partial charge in [-0.1, -0.05) is 36.4 Å². The number of carbonyl (C=O) groups excluding carboxylic acids is 3. The van der Waals surface area contributed by atoms with Crippen LogP contribution in [-0.4, -0.2) is 47.2 Å². The molecule has 152 valence electrons. The summed E-state index contributed by atoms with van der Waals surface area (Å²) in [6, 6.07) is 15.1. The second kappa shape index (κ2) is 10.0. The third-order valence-corrected chi connectivity index (χ3v) is 3.69. The van der Waals surface area contributed by atoms with Crippen LogP contribution in [0.1, 0.15) is 34.6 Å². The number of nitrogens with one attached hydrogen (secondary N) is 1. The van der Waals surface area contributed by atoms with Gasteiger partial charge in [-0.2, -0.15) is 0 Å². The van der Waals surface area contributed by atoms with Crippen molar-refractivity contribution in [3.05, 3.63) is 71.8 Å². The Kier molecular flexibility index (Phi) is 7.47. The Labute approximate surface area is 167 Å². The molecular weight excluding hydrogens is 378 g/mol. The summed E-state index contributed by atoms with van der Waals surface area (Å²) in [6.45, 7) is 3.31. The monoisotopic (exact) mass is 399 g/mol. The van der Waals surface area contributed by atoms with E-state index in [9.17, 15) is 24.3 Å². The van der Waals surface area contributed by atoms with Gasteiger partial charge in [0.05, 0.1) is 11.1 Å². The highest BCUT2D eigenvalue weighted by Gasteiger charge is 2.41. The standard InChI is InChI=1S/C21H21NO7/c1-13(2)22-18(23)16(28-20(26)14-9-5-3-6-10-14)17(19(24)25)29-21(27)15-11-7-4-8-12-15/h3-13,16-17H,1-2H3,(H,22,23)(H,24,25)/t16-,17-/m0/s1. The number of benzene rings is 2. The number of rotatable bonds is 8. The maximum Gasteiger partial charge on any atom is 0.349 e. The van der Waals surface area contributed by atoms with Gasteiger partial charge in [0.25, 0.3) is 5.91 Å². The van der Waals surface area contributed by atoms with Crippen LogP contribution in [0.4, 0.5) is 0 Å². The normalized spacial score (nSPS) is 12.5. The van der Waals surface area contributed by atoms with Crippen LogP contribution in [-0.2, 0) is 19.1 Å². The Balaban J connectivity index is 2.29. The molecule has 0 heterocycles. The van der Waals surface area contributed by atoms with Crippen LogP contribution < -0.4 is 5.32 Å². The molecule has 0 fully saturated rings. The minimum Gasteiger partial charge on any atom is -0.478 e. The SMILES string of the molecule is CC(C)NC(=O)[C@@H](OC(=O)c1ccccc1)[C@H](OC(=O)c1ccccc1)C(=O)O. The van der Waals surface area contributed by atoms with Crippen LogP contribution in [0.25, 0.3) is 0 Å². The van der Waals surface area contributed by atoms with Crippen molar-refractivity contribution in [1.29, 1.82) is 0 Å². The van der Waals surface area contributed by atoms with Crippen molar-refractivity contribution in [2.75, 3.05) is 0 Å². The lowest BCUT2D eigenvalue weighted by Crippen LogP contribution is -2.51. The molecule has 8 nitrogen and oxygen atoms in total. The van der Waals surface area contributed by atoms with Gasteiger partial charge in [0, 0.05) is 6.04 Å². The number of hydrogen-bond donors (Lipinski definition) is 2. The Bertz CT molecular complexity index is 865. The Morgan fingerprint density at radius 3 is 1.55 bits per heavy atom. The number of carboxylic acids is 1. The molecule has 0 aromatic heterocycles. The Morgan fingerprint density at radius 1 is 0.759 bits per heavy atom. The van der Waals surface area contributed by atoms with Crippen LogP contribution in [0.15, 0.2) is 60.7 Å². The van der Waals surface area contributed by atoms with Crippen LogP contribution in [0.3, 0.4) is 0 Å². The summed E-state index contributed by atoms with van der Waals surface area (Å²) in [5, 5.41) is 12.0. The van der Waals surface area contributed by atoms with Crippen molar-refractivity contribution >= 4 is 23.8 Å². The summed E-state index contributed by atoms with van der Waals surface area (Å²) in [4.78, 5) is 49.0. The van der Waals surface area contributed by atoms with Gasteiger partial charge in [-0.05, 0) is 38.1 Å². The average Bonchev–Trinajstić information content (AvgIpc) is 2.70. The van der Waals surface area contributed by atoms with E-state index in [1.165, 1.54) is 24.3 Å². The Morgan fingerprint density at radius 2 is 1.17 bits per heavy atom. The van der Waals surface area contributed by atoms with Crippen LogP contribution in [0.2, 0.25) is 0 Å². The zero-order chi connectivity index (χ0) is 21.4. The van der Waals surface area contributed by atoms with E-state index >= 15 is 0 Å². The number of amides is 1. The van der Waals surface area contributed by atoms with E-state index in [1.54, 1.807) is 50.2 Å². The molecular formula is C21H21NO7. The zero-order valence-corrected chi connectivity index (χ0v) is 15.9. The topological polar surface area (TPSA) is 119 Å². The molecule has 2 aromatic rings. The fourth-order valence-electron chi connectivity index (χ4n) is 2.38. The first kappa shape index (κ1) is 21.6. The number of hydrogen-bond acceptors (Lipinski definition) is 6. The molecule has 2 aromatic carbocycles. The third-order valence-electron chi connectivity index (χ3n) is 3.69. The smallest absolute Gasteiger partial charge is 0.349 e. The first-order valence-electron chi connectivity index (χ1n) is 8.85. The summed E-state index contributed by atoms with van der Waals surface area (Å²) < 4.78 is 10.2. The fourth-order valence-corrected chi connectivity index (χ4v) is 2.38. The molecule has 2 atom stereocenters. The molecule has 2 rings (SSSR count). The second-order valence-electron chi connectivity index (χ2n) is 6.39. The summed E-state index contributed by atoms with van der Waals surface area (Å²) >= 11 is 0. The number of ether oxygens (including phenoxy) is 2. The molecule has 0 radical (unpaired) electrons. The predicted octanol–water partition coefficient (Wildman–Crippen LogP) is 2.05. The first-order chi connectivity index (χ1) is 13.8. The highest BCUT2D eigenvalue weighted by atomic mass is 16.6. The summed E-state index contributed by atoms with van der Waals surface area (Å²) in [5.74, 6) is -4.40.